The quantitative estimate of drug-likeness (QED) is 0.415. The van der Waals surface area contributed by atoms with E-state index in [1.54, 1.807) is 0 Å². The first-order valence-electron chi connectivity index (χ1n) is 7.28. The molecule has 2 aromatic carbocycles. The van der Waals surface area contributed by atoms with Crippen LogP contribution in [0.15, 0.2) is 57.4 Å². The molecule has 0 saturated heterocycles. The monoisotopic (exact) mass is 430 g/mol. The highest BCUT2D eigenvalue weighted by Crippen LogP contribution is 2.29. The average Bonchev–Trinajstić information content (AvgIpc) is 3.06. The highest BCUT2D eigenvalue weighted by Gasteiger charge is 2.12. The molecule has 0 unspecified atom stereocenters. The van der Waals surface area contributed by atoms with Crippen molar-refractivity contribution in [1.82, 2.24) is 4.98 Å². The van der Waals surface area contributed by atoms with Crippen molar-refractivity contribution in [2.24, 2.45) is 5.10 Å². The minimum atomic E-state index is 0.224. The van der Waals surface area contributed by atoms with Gasteiger partial charge in [0.25, 0.3) is 0 Å². The second-order valence-corrected chi connectivity index (χ2v) is 7.39. The van der Waals surface area contributed by atoms with Crippen molar-refractivity contribution in [3.8, 4) is 17.3 Å². The molecule has 0 aliphatic carbocycles. The van der Waals surface area contributed by atoms with Crippen molar-refractivity contribution in [1.29, 1.82) is 5.26 Å². The van der Waals surface area contributed by atoms with Gasteiger partial charge in [-0.15, -0.1) is 11.3 Å². The number of nitriles is 1. The van der Waals surface area contributed by atoms with Crippen LogP contribution in [0, 0.1) is 18.3 Å². The fourth-order valence-electron chi connectivity index (χ4n) is 2.10. The standard InChI is InChI=1S/C18H12BrClN4S/c1-11-2-7-14(15(20)8-11)17-10-25-18(22-17)16(9-21)24-23-13-5-3-12(19)4-6-13/h2-8,10,23H,1H3/b24-16-. The van der Waals surface area contributed by atoms with E-state index in [4.69, 9.17) is 11.6 Å². The van der Waals surface area contributed by atoms with Crippen LogP contribution in [-0.4, -0.2) is 10.7 Å². The molecule has 3 aromatic rings. The molecule has 3 rings (SSSR count). The second kappa shape index (κ2) is 7.79. The predicted molar refractivity (Wildman–Crippen MR) is 107 cm³/mol. The van der Waals surface area contributed by atoms with Crippen molar-refractivity contribution in [2.75, 3.05) is 5.43 Å². The summed E-state index contributed by atoms with van der Waals surface area (Å²) in [5, 5.41) is 16.6. The first-order chi connectivity index (χ1) is 12.1. The second-order valence-electron chi connectivity index (χ2n) is 5.21. The summed E-state index contributed by atoms with van der Waals surface area (Å²) in [6.45, 7) is 1.98. The van der Waals surface area contributed by atoms with Crippen LogP contribution in [0.4, 0.5) is 5.69 Å². The zero-order valence-electron chi connectivity index (χ0n) is 13.1. The van der Waals surface area contributed by atoms with Crippen molar-refractivity contribution < 1.29 is 0 Å². The molecular weight excluding hydrogens is 420 g/mol. The Bertz CT molecular complexity index is 973. The number of hydrazone groups is 1. The van der Waals surface area contributed by atoms with Crippen LogP contribution in [0.3, 0.4) is 0 Å². The van der Waals surface area contributed by atoms with Crippen LogP contribution in [0.2, 0.25) is 5.02 Å². The van der Waals surface area contributed by atoms with Crippen molar-refractivity contribution in [3.63, 3.8) is 0 Å². The lowest BCUT2D eigenvalue weighted by Crippen LogP contribution is -2.01. The van der Waals surface area contributed by atoms with E-state index in [0.29, 0.717) is 10.0 Å². The number of hydrogen-bond donors (Lipinski definition) is 1. The lowest BCUT2D eigenvalue weighted by atomic mass is 10.1. The largest absolute Gasteiger partial charge is 0.277 e. The molecule has 4 nitrogen and oxygen atoms in total. The Balaban J connectivity index is 1.85. The molecule has 0 fully saturated rings. The number of aromatic nitrogens is 1. The summed E-state index contributed by atoms with van der Waals surface area (Å²) < 4.78 is 0.974. The van der Waals surface area contributed by atoms with Gasteiger partial charge in [-0.3, -0.25) is 5.43 Å². The summed E-state index contributed by atoms with van der Waals surface area (Å²) in [6, 6.07) is 15.4. The molecule has 0 radical (unpaired) electrons. The molecule has 0 saturated carbocycles. The van der Waals surface area contributed by atoms with Crippen LogP contribution in [0.5, 0.6) is 0 Å². The van der Waals surface area contributed by atoms with E-state index >= 15 is 0 Å². The number of aryl methyl sites for hydroxylation is 1. The molecule has 1 aromatic heterocycles. The van der Waals surface area contributed by atoms with E-state index in [1.165, 1.54) is 11.3 Å². The smallest absolute Gasteiger partial charge is 0.196 e. The summed E-state index contributed by atoms with van der Waals surface area (Å²) in [7, 11) is 0. The van der Waals surface area contributed by atoms with E-state index in [0.717, 1.165) is 27.0 Å². The summed E-state index contributed by atoms with van der Waals surface area (Å²) in [5.74, 6) is 0. The van der Waals surface area contributed by atoms with E-state index < -0.39 is 0 Å². The maximum atomic E-state index is 9.38. The van der Waals surface area contributed by atoms with Crippen LogP contribution >= 0.6 is 38.9 Å². The van der Waals surface area contributed by atoms with Crippen LogP contribution in [0.1, 0.15) is 10.6 Å². The minimum Gasteiger partial charge on any atom is -0.277 e. The van der Waals surface area contributed by atoms with E-state index in [2.05, 4.69) is 37.5 Å². The van der Waals surface area contributed by atoms with Gasteiger partial charge in [-0.2, -0.15) is 10.4 Å². The van der Waals surface area contributed by atoms with Crippen molar-refractivity contribution in [3.05, 3.63) is 67.9 Å². The number of halogens is 2. The van der Waals surface area contributed by atoms with Gasteiger partial charge in [-0.1, -0.05) is 39.7 Å². The number of anilines is 1. The first-order valence-corrected chi connectivity index (χ1v) is 9.33. The number of benzene rings is 2. The van der Waals surface area contributed by atoms with Gasteiger partial charge in [-0.05, 0) is 42.8 Å². The average molecular weight is 432 g/mol. The Morgan fingerprint density at radius 3 is 2.72 bits per heavy atom. The fourth-order valence-corrected chi connectivity index (χ4v) is 3.45. The Kier molecular flexibility index (Phi) is 5.49. The number of thiazole rings is 1. The number of nitrogens with one attached hydrogen (secondary N) is 1. The SMILES string of the molecule is Cc1ccc(-c2csc(/C(C#N)=N\Nc3ccc(Br)cc3)n2)c(Cl)c1. The highest BCUT2D eigenvalue weighted by atomic mass is 79.9. The Morgan fingerprint density at radius 1 is 1.28 bits per heavy atom. The van der Waals surface area contributed by atoms with Gasteiger partial charge in [0.1, 0.15) is 6.07 Å². The third-order valence-corrected chi connectivity index (χ3v) is 5.04. The Hall–Kier alpha value is -2.20. The molecule has 0 bridgehead atoms. The third-order valence-electron chi connectivity index (χ3n) is 3.35. The highest BCUT2D eigenvalue weighted by molar-refractivity contribution is 9.10. The molecule has 0 amide bonds. The normalized spacial score (nSPS) is 11.2. The maximum Gasteiger partial charge on any atom is 0.196 e. The lowest BCUT2D eigenvalue weighted by molar-refractivity contribution is 1.31. The summed E-state index contributed by atoms with van der Waals surface area (Å²) in [6.07, 6.45) is 0. The van der Waals surface area contributed by atoms with Gasteiger partial charge >= 0.3 is 0 Å². The predicted octanol–water partition coefficient (Wildman–Crippen LogP) is 5.87. The van der Waals surface area contributed by atoms with Crippen molar-refractivity contribution in [2.45, 2.75) is 6.92 Å². The van der Waals surface area contributed by atoms with Gasteiger partial charge in [0.05, 0.1) is 16.4 Å². The zero-order chi connectivity index (χ0) is 17.8. The molecule has 25 heavy (non-hydrogen) atoms. The summed E-state index contributed by atoms with van der Waals surface area (Å²) >= 11 is 11.0. The van der Waals surface area contributed by atoms with Crippen LogP contribution in [0.25, 0.3) is 11.3 Å². The third kappa shape index (κ3) is 4.26. The summed E-state index contributed by atoms with van der Waals surface area (Å²) in [4.78, 5) is 4.50. The molecule has 7 heteroatoms. The molecular formula is C18H12BrClN4S. The molecule has 0 atom stereocenters. The number of nitrogens with zero attached hydrogens (tertiary/aromatic N) is 3. The van der Waals surface area contributed by atoms with Gasteiger partial charge in [0.15, 0.2) is 10.7 Å². The van der Waals surface area contributed by atoms with E-state index in [1.807, 2.05) is 54.8 Å². The van der Waals surface area contributed by atoms with Gasteiger partial charge < -0.3 is 0 Å². The van der Waals surface area contributed by atoms with Gasteiger partial charge in [-0.25, -0.2) is 4.98 Å². The molecule has 0 spiro atoms. The van der Waals surface area contributed by atoms with E-state index in [9.17, 15) is 5.26 Å². The van der Waals surface area contributed by atoms with Gasteiger partial charge in [0, 0.05) is 15.4 Å². The lowest BCUT2D eigenvalue weighted by Gasteiger charge is -2.02. The van der Waals surface area contributed by atoms with E-state index in [-0.39, 0.29) is 5.71 Å². The van der Waals surface area contributed by atoms with Crippen LogP contribution < -0.4 is 5.43 Å². The first kappa shape index (κ1) is 17.6. The van der Waals surface area contributed by atoms with Crippen molar-refractivity contribution >= 4 is 50.3 Å². The minimum absolute atomic E-state index is 0.224. The topological polar surface area (TPSA) is 61.1 Å². The van der Waals surface area contributed by atoms with Gasteiger partial charge in [0.2, 0.25) is 0 Å². The number of hydrogen-bond acceptors (Lipinski definition) is 5. The Labute approximate surface area is 162 Å². The summed E-state index contributed by atoms with van der Waals surface area (Å²) in [5.41, 5.74) is 6.54. The molecule has 0 aliphatic heterocycles. The number of rotatable bonds is 4. The Morgan fingerprint density at radius 2 is 2.04 bits per heavy atom. The van der Waals surface area contributed by atoms with Crippen LogP contribution in [-0.2, 0) is 0 Å². The fraction of sp³-hybridized carbons (Fsp3) is 0.0556. The zero-order valence-corrected chi connectivity index (χ0v) is 16.3. The molecule has 0 aliphatic rings. The molecule has 124 valence electrons. The molecule has 1 N–H and O–H groups in total. The maximum absolute atomic E-state index is 9.38. The molecule has 1 heterocycles.